The van der Waals surface area contributed by atoms with Crippen LogP contribution in [0.2, 0.25) is 0 Å². The summed E-state index contributed by atoms with van der Waals surface area (Å²) in [6, 6.07) is 5.68. The van der Waals surface area contributed by atoms with Gasteiger partial charge in [-0.2, -0.15) is 5.26 Å². The Bertz CT molecular complexity index is 390. The van der Waals surface area contributed by atoms with Crippen molar-refractivity contribution in [3.8, 4) is 6.07 Å². The Morgan fingerprint density at radius 3 is 2.81 bits per heavy atom. The van der Waals surface area contributed by atoms with Crippen LogP contribution in [-0.4, -0.2) is 29.8 Å². The first kappa shape index (κ1) is 10.9. The average molecular weight is 217 g/mol. The van der Waals surface area contributed by atoms with E-state index < -0.39 is 0 Å². The van der Waals surface area contributed by atoms with Gasteiger partial charge in [-0.05, 0) is 30.9 Å². The highest BCUT2D eigenvalue weighted by atomic mass is 16.3. The number of aromatic nitrogens is 1. The molecule has 0 bridgehead atoms. The summed E-state index contributed by atoms with van der Waals surface area (Å²) < 4.78 is 0. The van der Waals surface area contributed by atoms with Crippen LogP contribution in [0.4, 0.5) is 5.82 Å². The van der Waals surface area contributed by atoms with Crippen molar-refractivity contribution in [3.63, 3.8) is 0 Å². The molecule has 1 aromatic heterocycles. The van der Waals surface area contributed by atoms with Gasteiger partial charge in [-0.3, -0.25) is 0 Å². The molecule has 0 spiro atoms. The molecule has 0 aromatic carbocycles. The van der Waals surface area contributed by atoms with Crippen molar-refractivity contribution in [1.29, 1.82) is 5.26 Å². The van der Waals surface area contributed by atoms with E-state index >= 15 is 0 Å². The number of hydrogen-bond donors (Lipinski definition) is 1. The molecule has 0 aliphatic heterocycles. The van der Waals surface area contributed by atoms with Crippen LogP contribution in [0, 0.1) is 17.2 Å². The van der Waals surface area contributed by atoms with Crippen LogP contribution in [0.15, 0.2) is 18.3 Å². The van der Waals surface area contributed by atoms with E-state index in [1.807, 2.05) is 19.2 Å². The first-order valence-corrected chi connectivity index (χ1v) is 5.44. The largest absolute Gasteiger partial charge is 0.393 e. The average Bonchev–Trinajstić information content (AvgIpc) is 2.27. The lowest BCUT2D eigenvalue weighted by Gasteiger charge is -2.34. The molecule has 16 heavy (non-hydrogen) atoms. The van der Waals surface area contributed by atoms with Crippen molar-refractivity contribution in [2.75, 3.05) is 18.5 Å². The maximum absolute atomic E-state index is 9.20. The summed E-state index contributed by atoms with van der Waals surface area (Å²) >= 11 is 0. The molecule has 1 heterocycles. The van der Waals surface area contributed by atoms with Gasteiger partial charge >= 0.3 is 0 Å². The van der Waals surface area contributed by atoms with Crippen molar-refractivity contribution in [2.45, 2.75) is 18.9 Å². The van der Waals surface area contributed by atoms with Crippen molar-refractivity contribution in [2.24, 2.45) is 5.92 Å². The zero-order valence-corrected chi connectivity index (χ0v) is 9.30. The third-order valence-corrected chi connectivity index (χ3v) is 3.01. The fraction of sp³-hybridized carbons (Fsp3) is 0.500. The van der Waals surface area contributed by atoms with Crippen LogP contribution in [0.5, 0.6) is 0 Å². The van der Waals surface area contributed by atoms with E-state index in [-0.39, 0.29) is 6.10 Å². The number of nitrogens with zero attached hydrogens (tertiary/aromatic N) is 3. The molecule has 1 N–H and O–H groups in total. The molecular weight excluding hydrogens is 202 g/mol. The molecule has 1 aromatic rings. The van der Waals surface area contributed by atoms with Crippen molar-refractivity contribution in [3.05, 3.63) is 23.9 Å². The number of hydrogen-bond acceptors (Lipinski definition) is 4. The summed E-state index contributed by atoms with van der Waals surface area (Å²) in [5.41, 5.74) is 0.580. The number of aliphatic hydroxyl groups excluding tert-OH is 1. The molecule has 0 saturated heterocycles. The first-order valence-electron chi connectivity index (χ1n) is 5.44. The summed E-state index contributed by atoms with van der Waals surface area (Å²) in [6.07, 6.45) is 3.26. The normalized spacial score (nSPS) is 23.3. The fourth-order valence-corrected chi connectivity index (χ4v) is 2.01. The van der Waals surface area contributed by atoms with Gasteiger partial charge in [-0.1, -0.05) is 0 Å². The minimum atomic E-state index is -0.104. The van der Waals surface area contributed by atoms with Crippen molar-refractivity contribution >= 4 is 5.82 Å². The smallest absolute Gasteiger partial charge is 0.128 e. The van der Waals surface area contributed by atoms with Crippen LogP contribution >= 0.6 is 0 Å². The molecule has 84 valence electrons. The third kappa shape index (κ3) is 2.31. The molecule has 0 atom stereocenters. The van der Waals surface area contributed by atoms with Crippen LogP contribution in [-0.2, 0) is 0 Å². The van der Waals surface area contributed by atoms with Gasteiger partial charge in [0.1, 0.15) is 11.9 Å². The Morgan fingerprint density at radius 1 is 1.56 bits per heavy atom. The van der Waals surface area contributed by atoms with Crippen molar-refractivity contribution < 1.29 is 5.11 Å². The van der Waals surface area contributed by atoms with E-state index in [4.69, 9.17) is 5.26 Å². The Morgan fingerprint density at radius 2 is 2.31 bits per heavy atom. The second-order valence-corrected chi connectivity index (χ2v) is 4.39. The third-order valence-electron chi connectivity index (χ3n) is 3.01. The number of pyridine rings is 1. The Kier molecular flexibility index (Phi) is 3.07. The van der Waals surface area contributed by atoms with Crippen LogP contribution in [0.1, 0.15) is 18.4 Å². The highest BCUT2D eigenvalue weighted by Crippen LogP contribution is 2.28. The van der Waals surface area contributed by atoms with Gasteiger partial charge in [0, 0.05) is 19.8 Å². The molecule has 4 nitrogen and oxygen atoms in total. The summed E-state index contributed by atoms with van der Waals surface area (Å²) in [4.78, 5) is 6.29. The van der Waals surface area contributed by atoms with Crippen LogP contribution in [0.3, 0.4) is 0 Å². The number of nitriles is 1. The maximum atomic E-state index is 9.20. The molecule has 1 aliphatic rings. The van der Waals surface area contributed by atoms with Gasteiger partial charge in [-0.25, -0.2) is 4.98 Å². The van der Waals surface area contributed by atoms with E-state index in [9.17, 15) is 5.11 Å². The van der Waals surface area contributed by atoms with E-state index in [1.54, 1.807) is 12.3 Å². The van der Waals surface area contributed by atoms with Crippen LogP contribution < -0.4 is 4.90 Å². The molecule has 1 saturated carbocycles. The van der Waals surface area contributed by atoms with Gasteiger partial charge in [0.2, 0.25) is 0 Å². The van der Waals surface area contributed by atoms with Gasteiger partial charge in [-0.15, -0.1) is 0 Å². The standard InChI is InChI=1S/C12H15N3O/c1-15(8-10-4-11(16)5-10)12-3-2-9(6-13)7-14-12/h2-3,7,10-11,16H,4-5,8H2,1H3. The van der Waals surface area contributed by atoms with Gasteiger partial charge in [0.15, 0.2) is 0 Å². The lowest BCUT2D eigenvalue weighted by molar-refractivity contribution is 0.0464. The minimum absolute atomic E-state index is 0.104. The van der Waals surface area contributed by atoms with Gasteiger partial charge in [0.05, 0.1) is 11.7 Å². The van der Waals surface area contributed by atoms with Gasteiger partial charge < -0.3 is 10.0 Å². The molecule has 0 amide bonds. The second kappa shape index (κ2) is 4.50. The van der Waals surface area contributed by atoms with E-state index in [0.29, 0.717) is 11.5 Å². The Labute approximate surface area is 95.1 Å². The lowest BCUT2D eigenvalue weighted by Crippen LogP contribution is -2.37. The number of anilines is 1. The lowest BCUT2D eigenvalue weighted by atomic mass is 9.82. The van der Waals surface area contributed by atoms with Gasteiger partial charge in [0.25, 0.3) is 0 Å². The fourth-order valence-electron chi connectivity index (χ4n) is 2.01. The molecule has 0 radical (unpaired) electrons. The molecule has 2 rings (SSSR count). The molecule has 4 heteroatoms. The van der Waals surface area contributed by atoms with E-state index in [0.717, 1.165) is 25.2 Å². The summed E-state index contributed by atoms with van der Waals surface area (Å²) in [5, 5.41) is 17.9. The summed E-state index contributed by atoms with van der Waals surface area (Å²) in [5.74, 6) is 1.44. The number of rotatable bonds is 3. The highest BCUT2D eigenvalue weighted by Gasteiger charge is 2.28. The van der Waals surface area contributed by atoms with E-state index in [2.05, 4.69) is 9.88 Å². The molecule has 1 aliphatic carbocycles. The summed E-state index contributed by atoms with van der Waals surface area (Å²) in [7, 11) is 1.99. The predicted octanol–water partition coefficient (Wildman–Crippen LogP) is 1.16. The highest BCUT2D eigenvalue weighted by molar-refractivity contribution is 5.41. The molecule has 1 fully saturated rings. The van der Waals surface area contributed by atoms with Crippen LogP contribution in [0.25, 0.3) is 0 Å². The number of aliphatic hydroxyl groups is 1. The molecule has 0 unspecified atom stereocenters. The zero-order chi connectivity index (χ0) is 11.5. The zero-order valence-electron chi connectivity index (χ0n) is 9.30. The minimum Gasteiger partial charge on any atom is -0.393 e. The topological polar surface area (TPSA) is 60.1 Å². The van der Waals surface area contributed by atoms with Crippen molar-refractivity contribution in [1.82, 2.24) is 4.98 Å². The summed E-state index contributed by atoms with van der Waals surface area (Å²) in [6.45, 7) is 0.913. The molecular formula is C12H15N3O. The monoisotopic (exact) mass is 217 g/mol. The Balaban J connectivity index is 1.93. The quantitative estimate of drug-likeness (QED) is 0.825. The maximum Gasteiger partial charge on any atom is 0.128 e. The Hall–Kier alpha value is -1.60. The predicted molar refractivity (Wildman–Crippen MR) is 61.0 cm³/mol. The van der Waals surface area contributed by atoms with E-state index in [1.165, 1.54) is 0 Å². The first-order chi connectivity index (χ1) is 7.69. The second-order valence-electron chi connectivity index (χ2n) is 4.39. The SMILES string of the molecule is CN(CC1CC(O)C1)c1ccc(C#N)cn1.